The number of sulfonamides is 1. The molecule has 24 heavy (non-hydrogen) atoms. The van der Waals surface area contributed by atoms with Gasteiger partial charge in [0.15, 0.2) is 0 Å². The molecule has 2 N–H and O–H groups in total. The first-order valence-corrected chi connectivity index (χ1v) is 10.2. The van der Waals surface area contributed by atoms with Crippen LogP contribution in [0.4, 0.5) is 0 Å². The molecular formula is C17H22N2O3S2. The van der Waals surface area contributed by atoms with Crippen molar-refractivity contribution in [1.29, 1.82) is 0 Å². The van der Waals surface area contributed by atoms with Crippen molar-refractivity contribution in [3.63, 3.8) is 0 Å². The zero-order chi connectivity index (χ0) is 17.6. The summed E-state index contributed by atoms with van der Waals surface area (Å²) in [5.74, 6) is -0.0767. The molecule has 0 aliphatic rings. The first-order valence-electron chi connectivity index (χ1n) is 7.73. The highest BCUT2D eigenvalue weighted by Crippen LogP contribution is 2.16. The predicted octanol–water partition coefficient (Wildman–Crippen LogP) is 2.39. The minimum absolute atomic E-state index is 0.0767. The fourth-order valence-electron chi connectivity index (χ4n) is 2.24. The van der Waals surface area contributed by atoms with Crippen molar-refractivity contribution in [2.75, 3.05) is 13.1 Å². The van der Waals surface area contributed by atoms with Crippen molar-refractivity contribution in [2.45, 2.75) is 31.6 Å². The molecule has 0 atom stereocenters. The summed E-state index contributed by atoms with van der Waals surface area (Å²) in [4.78, 5) is 12.0. The second-order valence-electron chi connectivity index (χ2n) is 5.65. The van der Waals surface area contributed by atoms with Gasteiger partial charge in [0.2, 0.25) is 15.9 Å². The maximum absolute atomic E-state index is 12.3. The van der Waals surface area contributed by atoms with Crippen molar-refractivity contribution in [1.82, 2.24) is 10.0 Å². The van der Waals surface area contributed by atoms with Crippen LogP contribution in [-0.2, 0) is 21.2 Å². The minimum Gasteiger partial charge on any atom is -0.355 e. The molecule has 0 bridgehead atoms. The number of benzene rings is 1. The van der Waals surface area contributed by atoms with E-state index in [1.165, 1.54) is 0 Å². The summed E-state index contributed by atoms with van der Waals surface area (Å²) in [6, 6.07) is 7.31. The van der Waals surface area contributed by atoms with Crippen LogP contribution in [0, 0.1) is 13.8 Å². The van der Waals surface area contributed by atoms with Gasteiger partial charge in [-0.1, -0.05) is 12.1 Å². The van der Waals surface area contributed by atoms with E-state index in [4.69, 9.17) is 0 Å². The molecular weight excluding hydrogens is 344 g/mol. The number of carbonyl (C=O) groups excluding carboxylic acids is 1. The third-order valence-electron chi connectivity index (χ3n) is 3.59. The maximum atomic E-state index is 12.3. The Bertz CT molecular complexity index is 784. The van der Waals surface area contributed by atoms with E-state index < -0.39 is 10.0 Å². The van der Waals surface area contributed by atoms with E-state index in [0.29, 0.717) is 18.4 Å². The number of hydrogen-bond donors (Lipinski definition) is 2. The molecule has 2 rings (SSSR count). The lowest BCUT2D eigenvalue weighted by Crippen LogP contribution is -2.35. The van der Waals surface area contributed by atoms with Crippen LogP contribution < -0.4 is 10.0 Å². The second-order valence-corrected chi connectivity index (χ2v) is 8.16. The van der Waals surface area contributed by atoms with Gasteiger partial charge in [0.25, 0.3) is 0 Å². The van der Waals surface area contributed by atoms with E-state index in [1.54, 1.807) is 30.4 Å². The molecule has 1 aromatic heterocycles. The lowest BCUT2D eigenvalue weighted by Gasteiger charge is -2.10. The molecule has 7 heteroatoms. The predicted molar refractivity (Wildman–Crippen MR) is 96.8 cm³/mol. The molecule has 1 amide bonds. The van der Waals surface area contributed by atoms with Gasteiger partial charge in [-0.25, -0.2) is 13.1 Å². The van der Waals surface area contributed by atoms with Crippen LogP contribution in [0.5, 0.6) is 0 Å². The van der Waals surface area contributed by atoms with Crippen molar-refractivity contribution < 1.29 is 13.2 Å². The third-order valence-corrected chi connectivity index (χ3v) is 5.93. The van der Waals surface area contributed by atoms with E-state index in [0.717, 1.165) is 11.1 Å². The smallest absolute Gasteiger partial charge is 0.240 e. The van der Waals surface area contributed by atoms with Crippen LogP contribution >= 0.6 is 11.3 Å². The van der Waals surface area contributed by atoms with Crippen molar-refractivity contribution in [3.8, 4) is 0 Å². The van der Waals surface area contributed by atoms with Crippen LogP contribution in [0.25, 0.3) is 0 Å². The van der Waals surface area contributed by atoms with Gasteiger partial charge in [-0.15, -0.1) is 0 Å². The highest BCUT2D eigenvalue weighted by Gasteiger charge is 2.16. The first-order chi connectivity index (χ1) is 11.4. The van der Waals surface area contributed by atoms with Crippen LogP contribution in [0.3, 0.4) is 0 Å². The molecule has 0 saturated carbocycles. The Labute approximate surface area is 147 Å². The van der Waals surface area contributed by atoms with E-state index in [2.05, 4.69) is 10.0 Å². The first kappa shape index (κ1) is 18.6. The van der Waals surface area contributed by atoms with E-state index in [9.17, 15) is 13.2 Å². The normalized spacial score (nSPS) is 11.4. The lowest BCUT2D eigenvalue weighted by molar-refractivity contribution is -0.121. The highest BCUT2D eigenvalue weighted by atomic mass is 32.2. The average Bonchev–Trinajstić information content (AvgIpc) is 3.05. The topological polar surface area (TPSA) is 75.3 Å². The van der Waals surface area contributed by atoms with Gasteiger partial charge in [-0.2, -0.15) is 11.3 Å². The Kier molecular flexibility index (Phi) is 6.53. The Morgan fingerprint density at radius 3 is 2.67 bits per heavy atom. The van der Waals surface area contributed by atoms with E-state index in [1.807, 2.05) is 29.8 Å². The molecule has 0 aliphatic carbocycles. The van der Waals surface area contributed by atoms with Gasteiger partial charge < -0.3 is 5.32 Å². The maximum Gasteiger partial charge on any atom is 0.240 e. The van der Waals surface area contributed by atoms with Crippen molar-refractivity contribution >= 4 is 27.3 Å². The Balaban J connectivity index is 1.76. The molecule has 2 aromatic rings. The number of rotatable bonds is 8. The summed E-state index contributed by atoms with van der Waals surface area (Å²) in [5.41, 5.74) is 2.74. The molecule has 1 heterocycles. The molecule has 0 saturated heterocycles. The number of carbonyl (C=O) groups is 1. The molecule has 0 spiro atoms. The largest absolute Gasteiger partial charge is 0.355 e. The van der Waals surface area contributed by atoms with Gasteiger partial charge in [0, 0.05) is 19.5 Å². The highest BCUT2D eigenvalue weighted by molar-refractivity contribution is 7.89. The van der Waals surface area contributed by atoms with Gasteiger partial charge in [0.1, 0.15) is 0 Å². The van der Waals surface area contributed by atoms with Gasteiger partial charge in [-0.3, -0.25) is 4.79 Å². The zero-order valence-corrected chi connectivity index (χ0v) is 15.5. The Hall–Kier alpha value is -1.70. The zero-order valence-electron chi connectivity index (χ0n) is 13.8. The average molecular weight is 367 g/mol. The molecule has 130 valence electrons. The number of aryl methyl sites for hydroxylation is 3. The van der Waals surface area contributed by atoms with Crippen LogP contribution in [-0.4, -0.2) is 27.4 Å². The van der Waals surface area contributed by atoms with Crippen LogP contribution in [0.2, 0.25) is 0 Å². The van der Waals surface area contributed by atoms with E-state index in [-0.39, 0.29) is 23.9 Å². The summed E-state index contributed by atoms with van der Waals surface area (Å²) in [7, 11) is -3.56. The van der Waals surface area contributed by atoms with Crippen LogP contribution in [0.1, 0.15) is 23.1 Å². The molecule has 0 aliphatic heterocycles. The van der Waals surface area contributed by atoms with Gasteiger partial charge >= 0.3 is 0 Å². The third kappa shape index (κ3) is 5.43. The summed E-state index contributed by atoms with van der Waals surface area (Å²) in [6.45, 7) is 4.05. The molecule has 0 radical (unpaired) electrons. The standard InChI is InChI=1S/C17H22N2O3S2/c1-13-3-4-14(2)16(11-13)24(21,22)19-9-8-18-17(20)6-5-15-7-10-23-12-15/h3-4,7,10-12,19H,5-6,8-9H2,1-2H3,(H,18,20). The summed E-state index contributed by atoms with van der Waals surface area (Å²) < 4.78 is 27.1. The molecule has 0 unspecified atom stereocenters. The summed E-state index contributed by atoms with van der Waals surface area (Å²) in [6.07, 6.45) is 1.10. The number of nitrogens with one attached hydrogen (secondary N) is 2. The van der Waals surface area contributed by atoms with Gasteiger partial charge in [-0.05, 0) is 59.9 Å². The second kappa shape index (κ2) is 8.41. The minimum atomic E-state index is -3.56. The molecule has 5 nitrogen and oxygen atoms in total. The fourth-order valence-corrected chi connectivity index (χ4v) is 4.31. The Morgan fingerprint density at radius 2 is 1.96 bits per heavy atom. The lowest BCUT2D eigenvalue weighted by atomic mass is 10.2. The number of hydrogen-bond acceptors (Lipinski definition) is 4. The fraction of sp³-hybridized carbons (Fsp3) is 0.353. The number of thiophene rings is 1. The van der Waals surface area contributed by atoms with Crippen molar-refractivity contribution in [2.24, 2.45) is 0 Å². The Morgan fingerprint density at radius 1 is 1.17 bits per heavy atom. The monoisotopic (exact) mass is 366 g/mol. The SMILES string of the molecule is Cc1ccc(C)c(S(=O)(=O)NCCNC(=O)CCc2ccsc2)c1. The van der Waals surface area contributed by atoms with Crippen molar-refractivity contribution in [3.05, 3.63) is 51.7 Å². The van der Waals surface area contributed by atoms with Crippen LogP contribution in [0.15, 0.2) is 39.9 Å². The van der Waals surface area contributed by atoms with E-state index >= 15 is 0 Å². The molecule has 0 fully saturated rings. The molecule has 1 aromatic carbocycles. The van der Waals surface area contributed by atoms with Gasteiger partial charge in [0.05, 0.1) is 4.90 Å². The quantitative estimate of drug-likeness (QED) is 0.705. The number of amides is 1. The summed E-state index contributed by atoms with van der Waals surface area (Å²) in [5, 5.41) is 6.73. The summed E-state index contributed by atoms with van der Waals surface area (Å²) >= 11 is 1.61.